The molecule has 0 spiro atoms. The third-order valence-electron chi connectivity index (χ3n) is 3.17. The van der Waals surface area contributed by atoms with Gasteiger partial charge in [0.15, 0.2) is 0 Å². The summed E-state index contributed by atoms with van der Waals surface area (Å²) in [6, 6.07) is 2.30. The number of hydrogen-bond donors (Lipinski definition) is 0. The first kappa shape index (κ1) is 18.1. The Morgan fingerprint density at radius 1 is 0.778 bits per heavy atom. The third kappa shape index (κ3) is 8.28. The fourth-order valence-electron chi connectivity index (χ4n) is 2.37. The molecule has 0 aromatic carbocycles. The van der Waals surface area contributed by atoms with Crippen LogP contribution in [0.5, 0.6) is 0 Å². The van der Waals surface area contributed by atoms with E-state index < -0.39 is 8.56 Å². The van der Waals surface area contributed by atoms with E-state index in [1.807, 2.05) is 0 Å². The molecule has 0 saturated carbocycles. The van der Waals surface area contributed by atoms with Crippen molar-refractivity contribution in [1.29, 1.82) is 0 Å². The summed E-state index contributed by atoms with van der Waals surface area (Å²) < 4.78 is 12.1. The molecule has 0 aliphatic rings. The highest BCUT2D eigenvalue weighted by Gasteiger charge is 2.35. The minimum Gasteiger partial charge on any atom is -0.394 e. The van der Waals surface area contributed by atoms with Crippen molar-refractivity contribution in [2.24, 2.45) is 0 Å². The second kappa shape index (κ2) is 12.2. The van der Waals surface area contributed by atoms with Gasteiger partial charge in [-0.2, -0.15) is 0 Å². The molecule has 0 aromatic heterocycles. The SMILES string of the molecule is CCCC[CH]CCC[Si](CCC)(OCC)OCC. The average Bonchev–Trinajstić information content (AvgIpc) is 2.35. The quantitative estimate of drug-likeness (QED) is 0.344. The van der Waals surface area contributed by atoms with Gasteiger partial charge in [-0.15, -0.1) is 0 Å². The third-order valence-corrected chi connectivity index (χ3v) is 7.18. The highest BCUT2D eigenvalue weighted by Crippen LogP contribution is 2.24. The number of unbranched alkanes of at least 4 members (excludes halogenated alkanes) is 5. The van der Waals surface area contributed by atoms with E-state index in [1.54, 1.807) is 0 Å². The first-order valence-electron chi connectivity index (χ1n) is 7.84. The molecule has 0 heterocycles. The van der Waals surface area contributed by atoms with E-state index in [9.17, 15) is 0 Å². The molecule has 0 atom stereocenters. The lowest BCUT2D eigenvalue weighted by molar-refractivity contribution is 0.181. The summed E-state index contributed by atoms with van der Waals surface area (Å²) >= 11 is 0. The Morgan fingerprint density at radius 3 is 1.89 bits per heavy atom. The van der Waals surface area contributed by atoms with Crippen LogP contribution in [0.15, 0.2) is 0 Å². The van der Waals surface area contributed by atoms with Gasteiger partial charge in [-0.25, -0.2) is 0 Å². The van der Waals surface area contributed by atoms with Crippen LogP contribution in [-0.2, 0) is 8.85 Å². The molecule has 3 heteroatoms. The largest absolute Gasteiger partial charge is 0.394 e. The molecule has 2 nitrogen and oxygen atoms in total. The maximum atomic E-state index is 6.04. The summed E-state index contributed by atoms with van der Waals surface area (Å²) in [5.41, 5.74) is 0. The van der Waals surface area contributed by atoms with Crippen molar-refractivity contribution in [3.8, 4) is 0 Å². The lowest BCUT2D eigenvalue weighted by Gasteiger charge is -2.29. The van der Waals surface area contributed by atoms with Crippen molar-refractivity contribution in [3.05, 3.63) is 6.42 Å². The van der Waals surface area contributed by atoms with E-state index in [2.05, 4.69) is 34.1 Å². The summed E-state index contributed by atoms with van der Waals surface area (Å²) in [7, 11) is -1.88. The Balaban J connectivity index is 3.97. The molecule has 0 saturated heterocycles. The van der Waals surface area contributed by atoms with Crippen molar-refractivity contribution >= 4 is 8.56 Å². The molecule has 0 amide bonds. The van der Waals surface area contributed by atoms with Crippen LogP contribution >= 0.6 is 0 Å². The van der Waals surface area contributed by atoms with Gasteiger partial charge in [-0.05, 0) is 32.4 Å². The lowest BCUT2D eigenvalue weighted by Crippen LogP contribution is -2.42. The number of hydrogen-bond acceptors (Lipinski definition) is 2. The van der Waals surface area contributed by atoms with Crippen molar-refractivity contribution in [3.63, 3.8) is 0 Å². The van der Waals surface area contributed by atoms with Crippen LogP contribution in [0, 0.1) is 6.42 Å². The first-order valence-corrected chi connectivity index (χ1v) is 10.1. The van der Waals surface area contributed by atoms with Crippen molar-refractivity contribution in [2.45, 2.75) is 78.3 Å². The van der Waals surface area contributed by atoms with Crippen molar-refractivity contribution < 1.29 is 8.85 Å². The second-order valence-electron chi connectivity index (χ2n) is 4.85. The molecule has 0 aromatic rings. The normalized spacial score (nSPS) is 12.0. The Bertz CT molecular complexity index is 157. The van der Waals surface area contributed by atoms with Gasteiger partial charge in [0, 0.05) is 13.2 Å². The van der Waals surface area contributed by atoms with Gasteiger partial charge in [-0.1, -0.05) is 52.4 Å². The zero-order chi connectivity index (χ0) is 13.7. The fourth-order valence-corrected chi connectivity index (χ4v) is 5.84. The molecule has 0 unspecified atom stereocenters. The van der Waals surface area contributed by atoms with Crippen LogP contribution in [0.25, 0.3) is 0 Å². The van der Waals surface area contributed by atoms with Gasteiger partial charge in [0.2, 0.25) is 0 Å². The van der Waals surface area contributed by atoms with E-state index in [-0.39, 0.29) is 0 Å². The molecule has 0 aliphatic carbocycles. The van der Waals surface area contributed by atoms with E-state index in [0.29, 0.717) is 0 Å². The Kier molecular flexibility index (Phi) is 12.3. The molecule has 18 heavy (non-hydrogen) atoms. The Labute approximate surface area is 116 Å². The topological polar surface area (TPSA) is 18.5 Å². The average molecular weight is 274 g/mol. The Hall–Kier alpha value is 0.137. The highest BCUT2D eigenvalue weighted by molar-refractivity contribution is 6.67. The van der Waals surface area contributed by atoms with Crippen molar-refractivity contribution in [2.75, 3.05) is 13.2 Å². The monoisotopic (exact) mass is 273 g/mol. The summed E-state index contributed by atoms with van der Waals surface area (Å²) in [6.07, 6.45) is 9.95. The van der Waals surface area contributed by atoms with E-state index >= 15 is 0 Å². The molecule has 1 radical (unpaired) electrons. The minimum absolute atomic E-state index is 0.797. The van der Waals surface area contributed by atoms with Crippen LogP contribution < -0.4 is 0 Å². The van der Waals surface area contributed by atoms with Gasteiger partial charge < -0.3 is 8.85 Å². The van der Waals surface area contributed by atoms with Gasteiger partial charge in [-0.3, -0.25) is 0 Å². The summed E-state index contributed by atoms with van der Waals surface area (Å²) in [5, 5.41) is 0. The standard InChI is InChI=1S/C15H33O2Si/c1-5-9-10-11-12-13-15-18(14-6-2,16-7-3)17-8-4/h11H,5-10,12-15H2,1-4H3. The maximum Gasteiger partial charge on any atom is 0.338 e. The molecule has 0 fully saturated rings. The predicted molar refractivity (Wildman–Crippen MR) is 82.0 cm³/mol. The second-order valence-corrected chi connectivity index (χ2v) is 8.25. The zero-order valence-corrected chi connectivity index (χ0v) is 14.0. The molecule has 109 valence electrons. The van der Waals surface area contributed by atoms with E-state index in [4.69, 9.17) is 8.85 Å². The molecular formula is C15H33O2Si. The molecule has 0 bridgehead atoms. The first-order chi connectivity index (χ1) is 8.74. The molecule has 0 N–H and O–H groups in total. The van der Waals surface area contributed by atoms with Crippen LogP contribution in [0.4, 0.5) is 0 Å². The zero-order valence-electron chi connectivity index (χ0n) is 13.0. The fraction of sp³-hybridized carbons (Fsp3) is 0.933. The van der Waals surface area contributed by atoms with Crippen LogP contribution in [0.3, 0.4) is 0 Å². The van der Waals surface area contributed by atoms with Crippen LogP contribution in [-0.4, -0.2) is 21.8 Å². The Morgan fingerprint density at radius 2 is 1.39 bits per heavy atom. The summed E-state index contributed by atoms with van der Waals surface area (Å²) in [5.74, 6) is 0. The van der Waals surface area contributed by atoms with Gasteiger partial charge in [0.1, 0.15) is 0 Å². The van der Waals surface area contributed by atoms with Gasteiger partial charge in [0.25, 0.3) is 0 Å². The molecule has 0 rings (SSSR count). The predicted octanol–water partition coefficient (Wildman–Crippen LogP) is 5.09. The van der Waals surface area contributed by atoms with Gasteiger partial charge >= 0.3 is 8.56 Å². The van der Waals surface area contributed by atoms with Gasteiger partial charge in [0.05, 0.1) is 0 Å². The minimum atomic E-state index is -1.88. The smallest absolute Gasteiger partial charge is 0.338 e. The number of rotatable bonds is 13. The highest BCUT2D eigenvalue weighted by atomic mass is 28.4. The molecular weight excluding hydrogens is 240 g/mol. The molecule has 0 aliphatic heterocycles. The summed E-state index contributed by atoms with van der Waals surface area (Å²) in [4.78, 5) is 0. The maximum absolute atomic E-state index is 6.04. The van der Waals surface area contributed by atoms with Crippen LogP contribution in [0.2, 0.25) is 12.1 Å². The van der Waals surface area contributed by atoms with E-state index in [0.717, 1.165) is 25.3 Å². The summed E-state index contributed by atoms with van der Waals surface area (Å²) in [6.45, 7) is 10.2. The van der Waals surface area contributed by atoms with Crippen molar-refractivity contribution in [1.82, 2.24) is 0 Å². The lowest BCUT2D eigenvalue weighted by atomic mass is 10.1. The van der Waals surface area contributed by atoms with Crippen LogP contribution in [0.1, 0.15) is 66.2 Å². The van der Waals surface area contributed by atoms with E-state index in [1.165, 1.54) is 38.5 Å².